The van der Waals surface area contributed by atoms with Crippen molar-refractivity contribution < 1.29 is 28.0 Å². The summed E-state index contributed by atoms with van der Waals surface area (Å²) in [7, 11) is 1.19. The molecule has 1 aliphatic heterocycles. The monoisotopic (exact) mass is 469 g/mol. The highest BCUT2D eigenvalue weighted by Gasteiger charge is 2.28. The van der Waals surface area contributed by atoms with E-state index in [2.05, 4.69) is 15.0 Å². The molecule has 1 aliphatic rings. The number of piperidine rings is 1. The van der Waals surface area contributed by atoms with Crippen molar-refractivity contribution in [3.05, 3.63) is 62.7 Å². The summed E-state index contributed by atoms with van der Waals surface area (Å²) in [4.78, 5) is 25.6. The fourth-order valence-electron chi connectivity index (χ4n) is 3.58. The Bertz CT molecular complexity index is 967. The summed E-state index contributed by atoms with van der Waals surface area (Å²) in [5.74, 6) is -1.38. The number of likely N-dealkylation sites (tertiary alicyclic amines) is 1. The van der Waals surface area contributed by atoms with Gasteiger partial charge in [-0.3, -0.25) is 19.8 Å². The maximum absolute atomic E-state index is 12.8. The Hall–Kier alpha value is -2.98. The van der Waals surface area contributed by atoms with E-state index < -0.39 is 28.9 Å². The number of nitro benzene ring substituents is 1. The normalized spacial score (nSPS) is 14.9. The first kappa shape index (κ1) is 23.7. The van der Waals surface area contributed by atoms with Crippen LogP contribution >= 0.6 is 11.6 Å². The minimum atomic E-state index is -3.19. The molecule has 1 heterocycles. The first-order valence-electron chi connectivity index (χ1n) is 9.85. The molecule has 3 rings (SSSR count). The smallest absolute Gasteiger partial charge is 0.387 e. The molecule has 1 N–H and O–H groups in total. The second-order valence-corrected chi connectivity index (χ2v) is 7.74. The molecular formula is C21H22ClF2N3O5. The summed E-state index contributed by atoms with van der Waals surface area (Å²) in [5.41, 5.74) is 0.210. The highest BCUT2D eigenvalue weighted by molar-refractivity contribution is 6.30. The van der Waals surface area contributed by atoms with Crippen molar-refractivity contribution in [2.45, 2.75) is 32.0 Å². The molecule has 8 nitrogen and oxygen atoms in total. The average molecular weight is 470 g/mol. The predicted octanol–water partition coefficient (Wildman–Crippen LogP) is 4.25. The van der Waals surface area contributed by atoms with Gasteiger partial charge in [0, 0.05) is 36.8 Å². The number of methoxy groups -OCH3 is 1. The lowest BCUT2D eigenvalue weighted by molar-refractivity contribution is -0.385. The van der Waals surface area contributed by atoms with Gasteiger partial charge < -0.3 is 14.8 Å². The SMILES string of the molecule is COc1cc(C(=O)NC2CCN(Cc3ccc(Cl)cc3)CC2)c([N+](=O)[O-])cc1OC(F)F. The second kappa shape index (κ2) is 10.6. The molecule has 172 valence electrons. The van der Waals surface area contributed by atoms with E-state index in [0.717, 1.165) is 37.3 Å². The highest BCUT2D eigenvalue weighted by Crippen LogP contribution is 2.35. The third-order valence-corrected chi connectivity index (χ3v) is 5.43. The number of nitrogens with zero attached hydrogens (tertiary/aromatic N) is 2. The summed E-state index contributed by atoms with van der Waals surface area (Å²) in [6.45, 7) is -0.965. The topological polar surface area (TPSA) is 93.9 Å². The minimum absolute atomic E-state index is 0.174. The average Bonchev–Trinajstić information content (AvgIpc) is 2.76. The maximum atomic E-state index is 12.8. The Labute approximate surface area is 188 Å². The Morgan fingerprint density at radius 3 is 2.47 bits per heavy atom. The van der Waals surface area contributed by atoms with Gasteiger partial charge in [-0.25, -0.2) is 0 Å². The van der Waals surface area contributed by atoms with Crippen LogP contribution in [0.5, 0.6) is 11.5 Å². The summed E-state index contributed by atoms with van der Waals surface area (Å²) in [6, 6.07) is 9.24. The fraction of sp³-hybridized carbons (Fsp3) is 0.381. The van der Waals surface area contributed by atoms with Crippen LogP contribution in [0.25, 0.3) is 0 Å². The van der Waals surface area contributed by atoms with E-state index in [0.29, 0.717) is 17.9 Å². The maximum Gasteiger partial charge on any atom is 0.387 e. The quantitative estimate of drug-likeness (QED) is 0.459. The molecule has 11 heteroatoms. The Balaban J connectivity index is 1.65. The van der Waals surface area contributed by atoms with Crippen LogP contribution in [0.2, 0.25) is 5.02 Å². The lowest BCUT2D eigenvalue weighted by Gasteiger charge is -2.32. The van der Waals surface area contributed by atoms with E-state index in [4.69, 9.17) is 16.3 Å². The van der Waals surface area contributed by atoms with E-state index in [-0.39, 0.29) is 17.4 Å². The van der Waals surface area contributed by atoms with Crippen LogP contribution in [0.4, 0.5) is 14.5 Å². The van der Waals surface area contributed by atoms with Gasteiger partial charge in [0.15, 0.2) is 11.5 Å². The third-order valence-electron chi connectivity index (χ3n) is 5.18. The second-order valence-electron chi connectivity index (χ2n) is 7.31. The van der Waals surface area contributed by atoms with E-state index in [9.17, 15) is 23.7 Å². The molecule has 0 saturated carbocycles. The first-order valence-corrected chi connectivity index (χ1v) is 10.2. The van der Waals surface area contributed by atoms with E-state index in [1.54, 1.807) is 0 Å². The summed E-state index contributed by atoms with van der Waals surface area (Å²) in [5, 5.41) is 14.9. The van der Waals surface area contributed by atoms with Crippen LogP contribution in [0.15, 0.2) is 36.4 Å². The number of nitrogens with one attached hydrogen (secondary N) is 1. The van der Waals surface area contributed by atoms with Gasteiger partial charge in [0.05, 0.1) is 18.1 Å². The van der Waals surface area contributed by atoms with Gasteiger partial charge >= 0.3 is 6.61 Å². The molecule has 0 spiro atoms. The molecule has 32 heavy (non-hydrogen) atoms. The Morgan fingerprint density at radius 1 is 1.25 bits per heavy atom. The van der Waals surface area contributed by atoms with E-state index in [1.165, 1.54) is 7.11 Å². The van der Waals surface area contributed by atoms with Crippen molar-refractivity contribution in [2.75, 3.05) is 20.2 Å². The van der Waals surface area contributed by atoms with Crippen LogP contribution in [0.3, 0.4) is 0 Å². The van der Waals surface area contributed by atoms with Crippen LogP contribution in [-0.2, 0) is 6.54 Å². The van der Waals surface area contributed by atoms with Gasteiger partial charge in [-0.05, 0) is 30.5 Å². The summed E-state index contributed by atoms with van der Waals surface area (Å²) >= 11 is 5.91. The molecule has 0 unspecified atom stereocenters. The van der Waals surface area contributed by atoms with Gasteiger partial charge in [0.2, 0.25) is 0 Å². The van der Waals surface area contributed by atoms with Crippen molar-refractivity contribution >= 4 is 23.2 Å². The van der Waals surface area contributed by atoms with E-state index >= 15 is 0 Å². The zero-order valence-corrected chi connectivity index (χ0v) is 18.0. The van der Waals surface area contributed by atoms with Crippen LogP contribution in [-0.4, -0.2) is 48.6 Å². The number of benzene rings is 2. The van der Waals surface area contributed by atoms with Gasteiger partial charge in [-0.1, -0.05) is 23.7 Å². The zero-order valence-electron chi connectivity index (χ0n) is 17.2. The Kier molecular flexibility index (Phi) is 7.81. The number of alkyl halides is 2. The molecule has 1 fully saturated rings. The van der Waals surface area contributed by atoms with Gasteiger partial charge in [0.25, 0.3) is 11.6 Å². The summed E-state index contributed by atoms with van der Waals surface area (Å²) < 4.78 is 34.4. The highest BCUT2D eigenvalue weighted by atomic mass is 35.5. The number of hydrogen-bond donors (Lipinski definition) is 1. The van der Waals surface area contributed by atoms with Gasteiger partial charge in [0.1, 0.15) is 5.56 Å². The fourth-order valence-corrected chi connectivity index (χ4v) is 3.70. The van der Waals surface area contributed by atoms with Crippen molar-refractivity contribution in [3.63, 3.8) is 0 Å². The van der Waals surface area contributed by atoms with E-state index in [1.807, 2.05) is 24.3 Å². The molecular weight excluding hydrogens is 448 g/mol. The molecule has 1 amide bonds. The van der Waals surface area contributed by atoms with Crippen molar-refractivity contribution in [1.82, 2.24) is 10.2 Å². The van der Waals surface area contributed by atoms with Crippen LogP contribution in [0.1, 0.15) is 28.8 Å². The molecule has 0 bridgehead atoms. The number of halogens is 3. The molecule has 1 saturated heterocycles. The number of ether oxygens (including phenoxy) is 2. The standard InChI is InChI=1S/C21H22ClF2N3O5/c1-31-18-10-16(17(27(29)30)11-19(18)32-21(23)24)20(28)25-15-6-8-26(9-7-15)12-13-2-4-14(22)5-3-13/h2-5,10-11,15,21H,6-9,12H2,1H3,(H,25,28). The zero-order chi connectivity index (χ0) is 23.3. The van der Waals surface area contributed by atoms with Crippen LogP contribution < -0.4 is 14.8 Å². The molecule has 0 aromatic heterocycles. The van der Waals surface area contributed by atoms with Crippen molar-refractivity contribution in [1.29, 1.82) is 0 Å². The number of hydrogen-bond acceptors (Lipinski definition) is 6. The number of amides is 1. The summed E-state index contributed by atoms with van der Waals surface area (Å²) in [6.07, 6.45) is 1.33. The third kappa shape index (κ3) is 6.04. The lowest BCUT2D eigenvalue weighted by Crippen LogP contribution is -2.44. The number of nitro groups is 1. The number of rotatable bonds is 8. The van der Waals surface area contributed by atoms with Crippen molar-refractivity contribution in [2.24, 2.45) is 0 Å². The Morgan fingerprint density at radius 2 is 1.91 bits per heavy atom. The molecule has 0 radical (unpaired) electrons. The van der Waals surface area contributed by atoms with Crippen molar-refractivity contribution in [3.8, 4) is 11.5 Å². The molecule has 0 atom stereocenters. The largest absolute Gasteiger partial charge is 0.493 e. The minimum Gasteiger partial charge on any atom is -0.493 e. The predicted molar refractivity (Wildman–Crippen MR) is 113 cm³/mol. The number of carbonyl (C=O) groups excluding carboxylic acids is 1. The molecule has 2 aromatic rings. The first-order chi connectivity index (χ1) is 15.3. The van der Waals surface area contributed by atoms with Crippen LogP contribution in [0, 0.1) is 10.1 Å². The van der Waals surface area contributed by atoms with Gasteiger partial charge in [-0.2, -0.15) is 8.78 Å². The molecule has 0 aliphatic carbocycles. The molecule has 2 aromatic carbocycles. The number of carbonyl (C=O) groups is 1. The van der Waals surface area contributed by atoms with Gasteiger partial charge in [-0.15, -0.1) is 0 Å². The lowest BCUT2D eigenvalue weighted by atomic mass is 10.0.